The number of halogens is 3. The number of fused-ring (bicyclic) bond motifs is 1. The predicted octanol–water partition coefficient (Wildman–Crippen LogP) is 5.28. The fraction of sp³-hybridized carbons (Fsp3) is 0.308. The molecule has 0 saturated carbocycles. The molecule has 0 unspecified atom stereocenters. The van der Waals surface area contributed by atoms with Gasteiger partial charge >= 0.3 is 6.18 Å². The van der Waals surface area contributed by atoms with Crippen molar-refractivity contribution in [2.75, 3.05) is 19.6 Å². The summed E-state index contributed by atoms with van der Waals surface area (Å²) in [6, 6.07) is 12.6. The molecule has 3 heterocycles. The van der Waals surface area contributed by atoms with E-state index in [1.54, 1.807) is 25.3 Å². The van der Waals surface area contributed by atoms with Crippen molar-refractivity contribution in [3.63, 3.8) is 0 Å². The zero-order valence-corrected chi connectivity index (χ0v) is 18.8. The number of rotatable bonds is 5. The van der Waals surface area contributed by atoms with Gasteiger partial charge in [0.25, 0.3) is 5.56 Å². The standard InChI is InChI=1S/C26H25F3N4O/c1-18-4-6-22(23(14-18)26(27,28)29)19-8-11-32(25(34)16-19)21-5-7-24-20(15-21)17-30-33(24)13-12-31-9-2-3-10-31/h4-8,11,14-17H,2-3,9-10,12-13H2,1H3. The number of hydrogen-bond acceptors (Lipinski definition) is 3. The Morgan fingerprint density at radius 1 is 0.971 bits per heavy atom. The Labute approximate surface area is 195 Å². The molecule has 8 heteroatoms. The molecule has 34 heavy (non-hydrogen) atoms. The summed E-state index contributed by atoms with van der Waals surface area (Å²) in [5, 5.41) is 5.41. The van der Waals surface area contributed by atoms with Crippen molar-refractivity contribution in [3.8, 4) is 16.8 Å². The Morgan fingerprint density at radius 3 is 2.50 bits per heavy atom. The van der Waals surface area contributed by atoms with Gasteiger partial charge in [-0.2, -0.15) is 18.3 Å². The number of pyridine rings is 1. The zero-order chi connectivity index (χ0) is 23.9. The van der Waals surface area contributed by atoms with Crippen LogP contribution in [0.3, 0.4) is 0 Å². The molecular weight excluding hydrogens is 441 g/mol. The first-order chi connectivity index (χ1) is 16.3. The van der Waals surface area contributed by atoms with Gasteiger partial charge < -0.3 is 4.90 Å². The van der Waals surface area contributed by atoms with E-state index in [0.717, 1.165) is 43.1 Å². The van der Waals surface area contributed by atoms with Crippen molar-refractivity contribution in [3.05, 3.63) is 82.4 Å². The fourth-order valence-corrected chi connectivity index (χ4v) is 4.65. The van der Waals surface area contributed by atoms with Crippen molar-refractivity contribution < 1.29 is 13.2 Å². The van der Waals surface area contributed by atoms with E-state index in [4.69, 9.17) is 0 Å². The smallest absolute Gasteiger partial charge is 0.301 e. The highest BCUT2D eigenvalue weighted by atomic mass is 19.4. The van der Waals surface area contributed by atoms with Crippen molar-refractivity contribution in [1.29, 1.82) is 0 Å². The number of hydrogen-bond donors (Lipinski definition) is 0. The minimum atomic E-state index is -4.50. The first kappa shape index (κ1) is 22.4. The van der Waals surface area contributed by atoms with E-state index in [2.05, 4.69) is 10.00 Å². The van der Waals surface area contributed by atoms with Crippen LogP contribution < -0.4 is 5.56 Å². The molecule has 1 aliphatic heterocycles. The Bertz CT molecular complexity index is 1400. The molecule has 0 radical (unpaired) electrons. The molecule has 5 rings (SSSR count). The van der Waals surface area contributed by atoms with Crippen LogP contribution in [0.4, 0.5) is 13.2 Å². The number of aryl methyl sites for hydroxylation is 1. The Kier molecular flexibility index (Phi) is 5.77. The molecule has 1 fully saturated rings. The average molecular weight is 467 g/mol. The summed E-state index contributed by atoms with van der Waals surface area (Å²) in [5.41, 5.74) is 1.24. The van der Waals surface area contributed by atoms with Crippen LogP contribution in [0.25, 0.3) is 27.7 Å². The number of aromatic nitrogens is 3. The van der Waals surface area contributed by atoms with E-state index in [1.165, 1.54) is 35.7 Å². The molecule has 4 aromatic rings. The van der Waals surface area contributed by atoms with Crippen LogP contribution in [-0.2, 0) is 12.7 Å². The lowest BCUT2D eigenvalue weighted by Gasteiger charge is -2.15. The topological polar surface area (TPSA) is 43.1 Å². The Hall–Kier alpha value is -3.39. The van der Waals surface area contributed by atoms with Gasteiger partial charge in [-0.05, 0) is 74.3 Å². The van der Waals surface area contributed by atoms with E-state index in [0.29, 0.717) is 11.3 Å². The summed E-state index contributed by atoms with van der Waals surface area (Å²) in [6.07, 6.45) is 1.30. The highest BCUT2D eigenvalue weighted by Crippen LogP contribution is 2.37. The second-order valence-corrected chi connectivity index (χ2v) is 8.83. The molecule has 0 N–H and O–H groups in total. The summed E-state index contributed by atoms with van der Waals surface area (Å²) < 4.78 is 44.1. The monoisotopic (exact) mass is 466 g/mol. The molecule has 1 saturated heterocycles. The molecular formula is C26H25F3N4O. The molecule has 0 aliphatic carbocycles. The van der Waals surface area contributed by atoms with E-state index in [9.17, 15) is 18.0 Å². The van der Waals surface area contributed by atoms with Gasteiger partial charge in [0.15, 0.2) is 0 Å². The first-order valence-corrected chi connectivity index (χ1v) is 11.4. The third kappa shape index (κ3) is 4.37. The summed E-state index contributed by atoms with van der Waals surface area (Å²) in [7, 11) is 0. The van der Waals surface area contributed by atoms with Gasteiger partial charge in [-0.1, -0.05) is 17.7 Å². The van der Waals surface area contributed by atoms with Crippen LogP contribution in [0.15, 0.2) is 65.7 Å². The molecule has 2 aromatic carbocycles. The van der Waals surface area contributed by atoms with Gasteiger partial charge in [-0.15, -0.1) is 0 Å². The largest absolute Gasteiger partial charge is 0.417 e. The van der Waals surface area contributed by atoms with Crippen molar-refractivity contribution in [2.24, 2.45) is 0 Å². The fourth-order valence-electron chi connectivity index (χ4n) is 4.65. The lowest BCUT2D eigenvalue weighted by Crippen LogP contribution is -2.24. The summed E-state index contributed by atoms with van der Waals surface area (Å²) in [4.78, 5) is 15.3. The highest BCUT2D eigenvalue weighted by Gasteiger charge is 2.33. The maximum absolute atomic E-state index is 13.6. The third-order valence-electron chi connectivity index (χ3n) is 6.44. The van der Waals surface area contributed by atoms with Gasteiger partial charge in [0, 0.05) is 29.9 Å². The lowest BCUT2D eigenvalue weighted by molar-refractivity contribution is -0.137. The number of likely N-dealkylation sites (tertiary alicyclic amines) is 1. The minimum absolute atomic E-state index is 0.00270. The van der Waals surface area contributed by atoms with Gasteiger partial charge in [0.2, 0.25) is 0 Å². The predicted molar refractivity (Wildman–Crippen MR) is 126 cm³/mol. The normalized spacial score (nSPS) is 14.8. The van der Waals surface area contributed by atoms with Crippen LogP contribution in [0.1, 0.15) is 24.0 Å². The van der Waals surface area contributed by atoms with Gasteiger partial charge in [-0.3, -0.25) is 14.0 Å². The second kappa shape index (κ2) is 8.76. The van der Waals surface area contributed by atoms with E-state index in [1.807, 2.05) is 22.9 Å². The van der Waals surface area contributed by atoms with Crippen LogP contribution in [0.5, 0.6) is 0 Å². The summed E-state index contributed by atoms with van der Waals surface area (Å²) in [5.74, 6) is 0. The number of nitrogens with zero attached hydrogens (tertiary/aromatic N) is 4. The van der Waals surface area contributed by atoms with Crippen LogP contribution in [0.2, 0.25) is 0 Å². The molecule has 0 spiro atoms. The van der Waals surface area contributed by atoms with E-state index in [-0.39, 0.29) is 11.1 Å². The van der Waals surface area contributed by atoms with Crippen LogP contribution in [0, 0.1) is 6.92 Å². The van der Waals surface area contributed by atoms with Crippen LogP contribution in [-0.4, -0.2) is 38.9 Å². The average Bonchev–Trinajstić information content (AvgIpc) is 3.46. The first-order valence-electron chi connectivity index (χ1n) is 11.4. The highest BCUT2D eigenvalue weighted by molar-refractivity contribution is 5.81. The van der Waals surface area contributed by atoms with Gasteiger partial charge in [-0.25, -0.2) is 0 Å². The van der Waals surface area contributed by atoms with Crippen molar-refractivity contribution >= 4 is 10.9 Å². The maximum atomic E-state index is 13.6. The lowest BCUT2D eigenvalue weighted by atomic mass is 9.98. The van der Waals surface area contributed by atoms with Crippen LogP contribution >= 0.6 is 0 Å². The Morgan fingerprint density at radius 2 is 1.76 bits per heavy atom. The third-order valence-corrected chi connectivity index (χ3v) is 6.44. The molecule has 176 valence electrons. The Balaban J connectivity index is 1.44. The minimum Gasteiger partial charge on any atom is -0.301 e. The SMILES string of the molecule is Cc1ccc(-c2ccn(-c3ccc4c(cnn4CCN4CCCC4)c3)c(=O)c2)c(C(F)(F)F)c1. The summed E-state index contributed by atoms with van der Waals surface area (Å²) in [6.45, 7) is 5.64. The van der Waals surface area contributed by atoms with Gasteiger partial charge in [0.1, 0.15) is 0 Å². The molecule has 5 nitrogen and oxygen atoms in total. The van der Waals surface area contributed by atoms with Crippen molar-refractivity contribution in [2.45, 2.75) is 32.5 Å². The van der Waals surface area contributed by atoms with Crippen molar-refractivity contribution in [1.82, 2.24) is 19.2 Å². The quantitative estimate of drug-likeness (QED) is 0.402. The number of benzene rings is 2. The van der Waals surface area contributed by atoms with Gasteiger partial charge in [0.05, 0.1) is 23.8 Å². The molecule has 0 atom stereocenters. The van der Waals surface area contributed by atoms with E-state index < -0.39 is 17.3 Å². The maximum Gasteiger partial charge on any atom is 0.417 e. The zero-order valence-electron chi connectivity index (χ0n) is 18.8. The summed E-state index contributed by atoms with van der Waals surface area (Å²) >= 11 is 0. The second-order valence-electron chi connectivity index (χ2n) is 8.83. The molecule has 2 aromatic heterocycles. The molecule has 0 bridgehead atoms. The molecule has 0 amide bonds. The van der Waals surface area contributed by atoms with E-state index >= 15 is 0 Å². The number of alkyl halides is 3. The molecule has 1 aliphatic rings.